The van der Waals surface area contributed by atoms with Crippen LogP contribution < -0.4 is 0 Å². The second-order valence-corrected chi connectivity index (χ2v) is 9.70. The second-order valence-electron chi connectivity index (χ2n) is 9.27. The fraction of sp³-hybridized carbons (Fsp3) is 0.480. The number of amides is 1. The van der Waals surface area contributed by atoms with Crippen LogP contribution in [0.15, 0.2) is 48.6 Å². The molecule has 1 saturated heterocycles. The molecule has 0 bridgehead atoms. The first kappa shape index (κ1) is 24.2. The van der Waals surface area contributed by atoms with Gasteiger partial charge in [-0.25, -0.2) is 0 Å². The van der Waals surface area contributed by atoms with Crippen LogP contribution in [-0.2, 0) is 30.3 Å². The van der Waals surface area contributed by atoms with E-state index >= 15 is 0 Å². The summed E-state index contributed by atoms with van der Waals surface area (Å²) in [7, 11) is 0. The molecule has 1 aliphatic heterocycles. The molecule has 3 atom stereocenters. The van der Waals surface area contributed by atoms with E-state index in [2.05, 4.69) is 0 Å². The Morgan fingerprint density at radius 1 is 1.22 bits per heavy atom. The van der Waals surface area contributed by atoms with Crippen LogP contribution >= 0.6 is 11.6 Å². The van der Waals surface area contributed by atoms with Gasteiger partial charge in [0.2, 0.25) is 5.91 Å². The number of hydrogen-bond donors (Lipinski definition) is 0. The third kappa shape index (κ3) is 6.78. The zero-order valence-electron chi connectivity index (χ0n) is 18.8. The first-order valence-electron chi connectivity index (χ1n) is 10.9. The number of hydrogen-bond acceptors (Lipinski definition) is 5. The molecule has 0 aromatic heterocycles. The smallest absolute Gasteiger partial charge is 0.307 e. The molecule has 1 amide bonds. The molecule has 0 saturated carbocycles. The predicted molar refractivity (Wildman–Crippen MR) is 122 cm³/mol. The molecule has 0 N–H and O–H groups in total. The molecule has 6 nitrogen and oxygen atoms in total. The van der Waals surface area contributed by atoms with Crippen molar-refractivity contribution in [2.24, 2.45) is 11.8 Å². The Labute approximate surface area is 194 Å². The van der Waals surface area contributed by atoms with Crippen LogP contribution in [0.3, 0.4) is 0 Å². The highest BCUT2D eigenvalue weighted by molar-refractivity contribution is 6.30. The fourth-order valence-electron chi connectivity index (χ4n) is 3.95. The van der Waals surface area contributed by atoms with Gasteiger partial charge in [-0.15, -0.1) is 0 Å². The van der Waals surface area contributed by atoms with Crippen molar-refractivity contribution in [1.82, 2.24) is 4.90 Å². The molecular formula is C25H30ClNO5. The Balaban J connectivity index is 1.75. The van der Waals surface area contributed by atoms with Crippen molar-refractivity contribution in [3.63, 3.8) is 0 Å². The van der Waals surface area contributed by atoms with Gasteiger partial charge in [-0.1, -0.05) is 42.0 Å². The van der Waals surface area contributed by atoms with Gasteiger partial charge in [-0.05, 0) is 57.4 Å². The van der Waals surface area contributed by atoms with Gasteiger partial charge in [0.1, 0.15) is 12.3 Å². The lowest BCUT2D eigenvalue weighted by molar-refractivity contribution is -0.158. The molecule has 1 aromatic rings. The molecule has 0 spiro atoms. The maximum absolute atomic E-state index is 13.5. The SMILES string of the molecule is CC(C)(C)OC(=O)C[C@H](Cc1ccc(Cl)cc1)C(=O)N1COC[C@H]1CC1C=CC=CC1=O. The van der Waals surface area contributed by atoms with Gasteiger partial charge in [-0.2, -0.15) is 0 Å². The lowest BCUT2D eigenvalue weighted by atomic mass is 9.90. The number of carbonyl (C=O) groups excluding carboxylic acids is 3. The van der Waals surface area contributed by atoms with Crippen LogP contribution in [0.2, 0.25) is 5.02 Å². The maximum atomic E-state index is 13.5. The van der Waals surface area contributed by atoms with E-state index in [0.29, 0.717) is 24.5 Å². The highest BCUT2D eigenvalue weighted by Crippen LogP contribution is 2.26. The van der Waals surface area contributed by atoms with Gasteiger partial charge >= 0.3 is 5.97 Å². The van der Waals surface area contributed by atoms with Gasteiger partial charge in [-0.3, -0.25) is 14.4 Å². The van der Waals surface area contributed by atoms with Crippen molar-refractivity contribution in [1.29, 1.82) is 0 Å². The summed E-state index contributed by atoms with van der Waals surface area (Å²) in [5.74, 6) is -1.44. The van der Waals surface area contributed by atoms with E-state index in [0.717, 1.165) is 5.56 Å². The molecule has 32 heavy (non-hydrogen) atoms. The lowest BCUT2D eigenvalue weighted by Gasteiger charge is -2.29. The molecular weight excluding hydrogens is 430 g/mol. The highest BCUT2D eigenvalue weighted by atomic mass is 35.5. The number of esters is 1. The minimum Gasteiger partial charge on any atom is -0.460 e. The van der Waals surface area contributed by atoms with E-state index in [9.17, 15) is 14.4 Å². The van der Waals surface area contributed by atoms with Crippen LogP contribution in [0.5, 0.6) is 0 Å². The van der Waals surface area contributed by atoms with Gasteiger partial charge in [0.15, 0.2) is 5.78 Å². The van der Waals surface area contributed by atoms with Gasteiger partial charge in [0, 0.05) is 10.9 Å². The molecule has 172 valence electrons. The van der Waals surface area contributed by atoms with Crippen LogP contribution in [0.25, 0.3) is 0 Å². The zero-order valence-corrected chi connectivity index (χ0v) is 19.5. The average Bonchev–Trinajstić information content (AvgIpc) is 3.17. The summed E-state index contributed by atoms with van der Waals surface area (Å²) in [6.07, 6.45) is 7.81. The van der Waals surface area contributed by atoms with Gasteiger partial charge in [0.05, 0.1) is 25.0 Å². The topological polar surface area (TPSA) is 72.9 Å². The van der Waals surface area contributed by atoms with E-state index in [1.54, 1.807) is 50.0 Å². The number of halogens is 1. The van der Waals surface area contributed by atoms with Crippen molar-refractivity contribution in [3.05, 3.63) is 59.2 Å². The minimum absolute atomic E-state index is 0.0262. The number of ether oxygens (including phenoxy) is 2. The van der Waals surface area contributed by atoms with E-state index < -0.39 is 17.5 Å². The second kappa shape index (κ2) is 10.5. The Hall–Kier alpha value is -2.44. The van der Waals surface area contributed by atoms with E-state index in [1.807, 2.05) is 24.3 Å². The molecule has 2 aliphatic rings. The molecule has 1 aliphatic carbocycles. The minimum atomic E-state index is -0.633. The molecule has 1 aromatic carbocycles. The maximum Gasteiger partial charge on any atom is 0.307 e. The lowest BCUT2D eigenvalue weighted by Crippen LogP contribution is -2.43. The Bertz CT molecular complexity index is 900. The monoisotopic (exact) mass is 459 g/mol. The van der Waals surface area contributed by atoms with E-state index in [1.165, 1.54) is 0 Å². The summed E-state index contributed by atoms with van der Waals surface area (Å²) in [6, 6.07) is 7.02. The number of carbonyl (C=O) groups is 3. The molecule has 1 fully saturated rings. The number of nitrogens with zero attached hydrogens (tertiary/aromatic N) is 1. The van der Waals surface area contributed by atoms with Crippen molar-refractivity contribution >= 4 is 29.3 Å². The largest absolute Gasteiger partial charge is 0.460 e. The van der Waals surface area contributed by atoms with E-state index in [4.69, 9.17) is 21.1 Å². The quantitative estimate of drug-likeness (QED) is 0.573. The summed E-state index contributed by atoms with van der Waals surface area (Å²) in [5, 5.41) is 0.607. The van der Waals surface area contributed by atoms with Gasteiger partial charge in [0.25, 0.3) is 0 Å². The zero-order chi connectivity index (χ0) is 23.3. The third-order valence-corrected chi connectivity index (χ3v) is 5.70. The molecule has 1 heterocycles. The average molecular weight is 460 g/mol. The number of rotatable bonds is 7. The summed E-state index contributed by atoms with van der Waals surface area (Å²) in [6.45, 7) is 5.92. The Kier molecular flexibility index (Phi) is 7.91. The summed E-state index contributed by atoms with van der Waals surface area (Å²) >= 11 is 5.99. The highest BCUT2D eigenvalue weighted by Gasteiger charge is 2.37. The molecule has 1 unspecified atom stereocenters. The summed E-state index contributed by atoms with van der Waals surface area (Å²) in [5.41, 5.74) is 0.273. The number of ketones is 1. The van der Waals surface area contributed by atoms with Crippen molar-refractivity contribution in [2.45, 2.75) is 51.7 Å². The molecule has 0 radical (unpaired) electrons. The first-order chi connectivity index (χ1) is 15.1. The van der Waals surface area contributed by atoms with E-state index in [-0.39, 0.29) is 36.8 Å². The predicted octanol–water partition coefficient (Wildman–Crippen LogP) is 4.12. The van der Waals surface area contributed by atoms with Crippen molar-refractivity contribution in [3.8, 4) is 0 Å². The van der Waals surface area contributed by atoms with Crippen LogP contribution in [0.1, 0.15) is 39.2 Å². The Morgan fingerprint density at radius 2 is 1.94 bits per heavy atom. The summed E-state index contributed by atoms with van der Waals surface area (Å²) < 4.78 is 11.1. The third-order valence-electron chi connectivity index (χ3n) is 5.45. The van der Waals surface area contributed by atoms with Gasteiger partial charge < -0.3 is 14.4 Å². The fourth-order valence-corrected chi connectivity index (χ4v) is 4.07. The van der Waals surface area contributed by atoms with Crippen molar-refractivity contribution < 1.29 is 23.9 Å². The number of benzene rings is 1. The van der Waals surface area contributed by atoms with Crippen molar-refractivity contribution in [2.75, 3.05) is 13.3 Å². The van der Waals surface area contributed by atoms with Crippen LogP contribution in [-0.4, -0.2) is 47.5 Å². The van der Waals surface area contributed by atoms with Crippen LogP contribution in [0.4, 0.5) is 0 Å². The first-order valence-corrected chi connectivity index (χ1v) is 11.2. The van der Waals surface area contributed by atoms with Crippen LogP contribution in [0, 0.1) is 11.8 Å². The normalized spacial score (nSPS) is 21.6. The molecule has 3 rings (SSSR count). The summed E-state index contributed by atoms with van der Waals surface area (Å²) in [4.78, 5) is 40.0. The Morgan fingerprint density at radius 3 is 2.59 bits per heavy atom. The molecule has 7 heteroatoms. The standard InChI is InChI=1S/C25H30ClNO5/c1-25(2,3)32-23(29)14-19(12-17-8-10-20(26)11-9-17)24(30)27-16-31-15-21(27)13-18-6-4-5-7-22(18)28/h4-11,18-19,21H,12-16H2,1-3H3/t18?,19-,21+/m0/s1. The number of allylic oxidation sites excluding steroid dienone is 4.